The van der Waals surface area contributed by atoms with E-state index in [1.54, 1.807) is 19.2 Å². The SMILES string of the molecule is CCOC(=O)c1ncc(CNc2ccc(OC(F)F)nc2)s1. The van der Waals surface area contributed by atoms with E-state index >= 15 is 0 Å². The van der Waals surface area contributed by atoms with E-state index in [-0.39, 0.29) is 10.9 Å². The summed E-state index contributed by atoms with van der Waals surface area (Å²) in [5, 5.41) is 3.33. The molecule has 0 spiro atoms. The third-order valence-corrected chi connectivity index (χ3v) is 3.39. The number of nitrogens with one attached hydrogen (secondary N) is 1. The largest absolute Gasteiger partial charge is 0.461 e. The molecule has 0 radical (unpaired) electrons. The number of alkyl halides is 2. The van der Waals surface area contributed by atoms with Gasteiger partial charge < -0.3 is 14.8 Å². The van der Waals surface area contributed by atoms with Crippen LogP contribution in [0.2, 0.25) is 0 Å². The van der Waals surface area contributed by atoms with Crippen LogP contribution in [0.15, 0.2) is 24.5 Å². The number of carbonyl (C=O) groups is 1. The van der Waals surface area contributed by atoms with Crippen LogP contribution in [0.4, 0.5) is 14.5 Å². The minimum atomic E-state index is -2.90. The summed E-state index contributed by atoms with van der Waals surface area (Å²) in [6.45, 7) is -0.453. The second kappa shape index (κ2) is 7.64. The maximum atomic E-state index is 12.0. The van der Waals surface area contributed by atoms with Crippen molar-refractivity contribution in [3.63, 3.8) is 0 Å². The van der Waals surface area contributed by atoms with Crippen molar-refractivity contribution in [1.29, 1.82) is 0 Å². The highest BCUT2D eigenvalue weighted by atomic mass is 32.1. The van der Waals surface area contributed by atoms with Crippen molar-refractivity contribution in [3.05, 3.63) is 34.4 Å². The van der Waals surface area contributed by atoms with Crippen molar-refractivity contribution in [1.82, 2.24) is 9.97 Å². The lowest BCUT2D eigenvalue weighted by molar-refractivity contribution is -0.0528. The highest BCUT2D eigenvalue weighted by Gasteiger charge is 2.12. The summed E-state index contributed by atoms with van der Waals surface area (Å²) >= 11 is 1.22. The Morgan fingerprint density at radius 3 is 2.82 bits per heavy atom. The molecule has 1 N–H and O–H groups in total. The number of carbonyl (C=O) groups excluding carboxylic acids is 1. The lowest BCUT2D eigenvalue weighted by Crippen LogP contribution is -2.04. The van der Waals surface area contributed by atoms with E-state index in [0.717, 1.165) is 4.88 Å². The molecule has 0 aliphatic heterocycles. The molecule has 2 aromatic heterocycles. The van der Waals surface area contributed by atoms with Gasteiger partial charge in [-0.2, -0.15) is 8.78 Å². The van der Waals surface area contributed by atoms with Crippen molar-refractivity contribution in [2.45, 2.75) is 20.1 Å². The minimum absolute atomic E-state index is 0.150. The minimum Gasteiger partial charge on any atom is -0.461 e. The van der Waals surface area contributed by atoms with Crippen LogP contribution in [0.25, 0.3) is 0 Å². The molecule has 118 valence electrons. The predicted octanol–water partition coefficient (Wildman–Crippen LogP) is 2.93. The number of halogens is 2. The number of rotatable bonds is 7. The highest BCUT2D eigenvalue weighted by Crippen LogP contribution is 2.18. The normalized spacial score (nSPS) is 10.5. The summed E-state index contributed by atoms with van der Waals surface area (Å²) in [4.78, 5) is 20.0. The average molecular weight is 329 g/mol. The van der Waals surface area contributed by atoms with Crippen LogP contribution in [-0.4, -0.2) is 29.2 Å². The Hall–Kier alpha value is -2.29. The Kier molecular flexibility index (Phi) is 5.59. The van der Waals surface area contributed by atoms with Gasteiger partial charge in [0.25, 0.3) is 0 Å². The number of hydrogen-bond acceptors (Lipinski definition) is 7. The van der Waals surface area contributed by atoms with E-state index in [1.807, 2.05) is 0 Å². The standard InChI is InChI=1S/C13H13F2N3O3S/c1-2-20-12(19)11-18-7-9(22-11)6-16-8-3-4-10(17-5-8)21-13(14)15/h3-5,7,13,16H,2,6H2,1H3. The van der Waals surface area contributed by atoms with Gasteiger partial charge in [0.2, 0.25) is 10.9 Å². The predicted molar refractivity (Wildman–Crippen MR) is 76.3 cm³/mol. The Morgan fingerprint density at radius 1 is 1.36 bits per heavy atom. The lowest BCUT2D eigenvalue weighted by atomic mass is 10.4. The van der Waals surface area contributed by atoms with E-state index in [2.05, 4.69) is 20.0 Å². The van der Waals surface area contributed by atoms with Gasteiger partial charge in [-0.1, -0.05) is 0 Å². The lowest BCUT2D eigenvalue weighted by Gasteiger charge is -2.06. The zero-order valence-corrected chi connectivity index (χ0v) is 12.4. The van der Waals surface area contributed by atoms with E-state index in [1.165, 1.54) is 23.6 Å². The number of thiazole rings is 1. The van der Waals surface area contributed by atoms with Gasteiger partial charge >= 0.3 is 12.6 Å². The van der Waals surface area contributed by atoms with Crippen LogP contribution < -0.4 is 10.1 Å². The number of nitrogens with zero attached hydrogens (tertiary/aromatic N) is 2. The molecular formula is C13H13F2N3O3S. The van der Waals surface area contributed by atoms with E-state index in [9.17, 15) is 13.6 Å². The smallest absolute Gasteiger partial charge is 0.388 e. The molecule has 2 heterocycles. The third kappa shape index (κ3) is 4.62. The number of anilines is 1. The topological polar surface area (TPSA) is 73.3 Å². The Bertz CT molecular complexity index is 619. The van der Waals surface area contributed by atoms with Gasteiger partial charge in [0.1, 0.15) is 0 Å². The molecule has 0 aromatic carbocycles. The van der Waals surface area contributed by atoms with Gasteiger partial charge in [-0.3, -0.25) is 0 Å². The third-order valence-electron chi connectivity index (χ3n) is 2.42. The molecule has 0 bridgehead atoms. The summed E-state index contributed by atoms with van der Waals surface area (Å²) < 4.78 is 33.0. The Morgan fingerprint density at radius 2 is 2.18 bits per heavy atom. The van der Waals surface area contributed by atoms with Crippen molar-refractivity contribution < 1.29 is 23.0 Å². The van der Waals surface area contributed by atoms with Crippen molar-refractivity contribution >= 4 is 23.0 Å². The van der Waals surface area contributed by atoms with E-state index < -0.39 is 12.6 Å². The maximum absolute atomic E-state index is 12.0. The second-order valence-corrected chi connectivity index (χ2v) is 5.08. The first-order valence-corrected chi connectivity index (χ1v) is 7.16. The fourth-order valence-electron chi connectivity index (χ4n) is 1.51. The first-order valence-electron chi connectivity index (χ1n) is 6.35. The van der Waals surface area contributed by atoms with Gasteiger partial charge in [-0.25, -0.2) is 14.8 Å². The average Bonchev–Trinajstić information content (AvgIpc) is 2.95. The maximum Gasteiger partial charge on any atom is 0.388 e. The monoisotopic (exact) mass is 329 g/mol. The summed E-state index contributed by atoms with van der Waals surface area (Å²) in [5.41, 5.74) is 0.632. The number of hydrogen-bond donors (Lipinski definition) is 1. The summed E-state index contributed by atoms with van der Waals surface area (Å²) in [5.74, 6) is -0.600. The van der Waals surface area contributed by atoms with Gasteiger partial charge in [0.05, 0.1) is 25.0 Å². The Labute approximate surface area is 129 Å². The summed E-state index contributed by atoms with van der Waals surface area (Å²) in [6, 6.07) is 2.91. The van der Waals surface area contributed by atoms with Crippen LogP contribution in [0.1, 0.15) is 21.6 Å². The number of pyridine rings is 1. The molecule has 0 atom stereocenters. The van der Waals surface area contributed by atoms with E-state index in [4.69, 9.17) is 4.74 Å². The molecule has 0 fully saturated rings. The van der Waals surface area contributed by atoms with Gasteiger partial charge in [0.15, 0.2) is 0 Å². The van der Waals surface area contributed by atoms with E-state index in [0.29, 0.717) is 18.8 Å². The van der Waals surface area contributed by atoms with Gasteiger partial charge in [-0.15, -0.1) is 11.3 Å². The molecule has 0 amide bonds. The molecule has 0 saturated heterocycles. The molecule has 2 rings (SSSR count). The molecule has 2 aromatic rings. The van der Waals surface area contributed by atoms with Crippen LogP contribution in [0.3, 0.4) is 0 Å². The fourth-order valence-corrected chi connectivity index (χ4v) is 2.26. The number of aromatic nitrogens is 2. The molecular weight excluding hydrogens is 316 g/mol. The molecule has 0 aliphatic rings. The molecule has 9 heteroatoms. The second-order valence-electron chi connectivity index (χ2n) is 3.97. The fraction of sp³-hybridized carbons (Fsp3) is 0.308. The zero-order chi connectivity index (χ0) is 15.9. The Balaban J connectivity index is 1.89. The molecule has 0 aliphatic carbocycles. The van der Waals surface area contributed by atoms with Gasteiger partial charge in [0, 0.05) is 17.1 Å². The molecule has 0 saturated carbocycles. The van der Waals surface area contributed by atoms with Gasteiger partial charge in [-0.05, 0) is 13.0 Å². The number of esters is 1. The van der Waals surface area contributed by atoms with Crippen LogP contribution >= 0.6 is 11.3 Å². The zero-order valence-electron chi connectivity index (χ0n) is 11.6. The van der Waals surface area contributed by atoms with Crippen molar-refractivity contribution in [2.24, 2.45) is 0 Å². The quantitative estimate of drug-likeness (QED) is 0.787. The first-order chi connectivity index (χ1) is 10.6. The highest BCUT2D eigenvalue weighted by molar-refractivity contribution is 7.13. The van der Waals surface area contributed by atoms with Crippen LogP contribution in [-0.2, 0) is 11.3 Å². The summed E-state index contributed by atoms with van der Waals surface area (Å²) in [6.07, 6.45) is 2.95. The first kappa shape index (κ1) is 16.1. The van der Waals surface area contributed by atoms with Crippen LogP contribution in [0.5, 0.6) is 5.88 Å². The molecule has 22 heavy (non-hydrogen) atoms. The summed E-state index contributed by atoms with van der Waals surface area (Å²) in [7, 11) is 0. The molecule has 6 nitrogen and oxygen atoms in total. The van der Waals surface area contributed by atoms with Crippen molar-refractivity contribution in [2.75, 3.05) is 11.9 Å². The van der Waals surface area contributed by atoms with Crippen molar-refractivity contribution in [3.8, 4) is 5.88 Å². The number of ether oxygens (including phenoxy) is 2. The van der Waals surface area contributed by atoms with Crippen LogP contribution in [0, 0.1) is 0 Å². The molecule has 0 unspecified atom stereocenters.